The van der Waals surface area contributed by atoms with Gasteiger partial charge in [0.2, 0.25) is 11.8 Å². The molecule has 0 spiro atoms. The van der Waals surface area contributed by atoms with Gasteiger partial charge in [0, 0.05) is 19.5 Å². The third-order valence-corrected chi connectivity index (χ3v) is 3.42. The average molecular weight is 271 g/mol. The maximum atomic E-state index is 11.8. The molecule has 0 aromatic carbocycles. The number of carbonyl (C=O) groups excluding carboxylic acids is 2. The Hall–Kier alpha value is -1.14. The highest BCUT2D eigenvalue weighted by atomic mass is 16.5. The van der Waals surface area contributed by atoms with Gasteiger partial charge in [0.1, 0.15) is 0 Å². The van der Waals surface area contributed by atoms with E-state index in [4.69, 9.17) is 5.21 Å². The maximum Gasteiger partial charge on any atom is 0.243 e. The number of hydrogen-bond acceptors (Lipinski definition) is 4. The predicted octanol–water partition coefficient (Wildman–Crippen LogP) is 0.558. The van der Waals surface area contributed by atoms with E-state index >= 15 is 0 Å². The van der Waals surface area contributed by atoms with Crippen LogP contribution in [0.3, 0.4) is 0 Å². The summed E-state index contributed by atoms with van der Waals surface area (Å²) in [6.07, 6.45) is 6.05. The summed E-state index contributed by atoms with van der Waals surface area (Å²) in [6, 6.07) is 0. The molecule has 6 heteroatoms. The molecule has 2 amide bonds. The quantitative estimate of drug-likeness (QED) is 0.295. The fourth-order valence-corrected chi connectivity index (χ4v) is 2.25. The zero-order valence-corrected chi connectivity index (χ0v) is 11.4. The highest BCUT2D eigenvalue weighted by Gasteiger charge is 2.19. The molecule has 0 aliphatic carbocycles. The molecule has 0 aromatic rings. The summed E-state index contributed by atoms with van der Waals surface area (Å²) in [5.41, 5.74) is 1.62. The number of nitrogens with one attached hydrogen (secondary N) is 3. The van der Waals surface area contributed by atoms with Gasteiger partial charge in [0.15, 0.2) is 0 Å². The summed E-state index contributed by atoms with van der Waals surface area (Å²) in [4.78, 5) is 22.5. The summed E-state index contributed by atoms with van der Waals surface area (Å²) in [6.45, 7) is 2.52. The Bertz CT molecular complexity index is 278. The largest absolute Gasteiger partial charge is 0.356 e. The van der Waals surface area contributed by atoms with Crippen molar-refractivity contribution in [2.45, 2.75) is 44.9 Å². The molecular weight excluding hydrogens is 246 g/mol. The highest BCUT2D eigenvalue weighted by molar-refractivity contribution is 5.78. The summed E-state index contributed by atoms with van der Waals surface area (Å²) in [5, 5.41) is 14.5. The van der Waals surface area contributed by atoms with Crippen LogP contribution in [0.25, 0.3) is 0 Å². The number of hydrogen-bond donors (Lipinski definition) is 4. The zero-order chi connectivity index (χ0) is 13.9. The molecule has 1 heterocycles. The molecule has 1 aliphatic rings. The van der Waals surface area contributed by atoms with Gasteiger partial charge in [-0.3, -0.25) is 14.8 Å². The molecule has 6 nitrogen and oxygen atoms in total. The van der Waals surface area contributed by atoms with Gasteiger partial charge in [-0.05, 0) is 32.2 Å². The standard InChI is InChI=1S/C13H25N3O3/c17-12(16-19)7-3-1-2-4-9-15-13(18)11-6-5-8-14-10-11/h11,14,19H,1-10H2,(H,15,18)(H,16,17). The van der Waals surface area contributed by atoms with Crippen molar-refractivity contribution in [2.75, 3.05) is 19.6 Å². The molecule has 0 aromatic heterocycles. The predicted molar refractivity (Wildman–Crippen MR) is 71.6 cm³/mol. The summed E-state index contributed by atoms with van der Waals surface area (Å²) >= 11 is 0. The number of rotatable bonds is 8. The van der Waals surface area contributed by atoms with Gasteiger partial charge in [-0.1, -0.05) is 12.8 Å². The first kappa shape index (κ1) is 15.9. The number of amides is 2. The second-order valence-electron chi connectivity index (χ2n) is 5.03. The van der Waals surface area contributed by atoms with Crippen LogP contribution in [0.1, 0.15) is 44.9 Å². The van der Waals surface area contributed by atoms with Crippen LogP contribution in [0.4, 0.5) is 0 Å². The monoisotopic (exact) mass is 271 g/mol. The Morgan fingerprint density at radius 2 is 2.00 bits per heavy atom. The second-order valence-corrected chi connectivity index (χ2v) is 5.03. The number of piperidine rings is 1. The molecule has 0 saturated carbocycles. The van der Waals surface area contributed by atoms with Crippen molar-refractivity contribution in [3.8, 4) is 0 Å². The molecule has 1 saturated heterocycles. The van der Waals surface area contributed by atoms with Crippen LogP contribution >= 0.6 is 0 Å². The molecule has 1 aliphatic heterocycles. The van der Waals surface area contributed by atoms with E-state index in [-0.39, 0.29) is 17.7 Å². The normalized spacial score (nSPS) is 18.9. The molecule has 1 fully saturated rings. The van der Waals surface area contributed by atoms with Crippen LogP contribution in [0.15, 0.2) is 0 Å². The van der Waals surface area contributed by atoms with Crippen LogP contribution in [0.2, 0.25) is 0 Å². The minimum absolute atomic E-state index is 0.127. The molecule has 4 N–H and O–H groups in total. The van der Waals surface area contributed by atoms with Crippen molar-refractivity contribution < 1.29 is 14.8 Å². The lowest BCUT2D eigenvalue weighted by Gasteiger charge is -2.21. The lowest BCUT2D eigenvalue weighted by molar-refractivity contribution is -0.129. The number of carbonyl (C=O) groups is 2. The van der Waals surface area contributed by atoms with Crippen molar-refractivity contribution in [1.29, 1.82) is 0 Å². The molecular formula is C13H25N3O3. The first-order valence-electron chi connectivity index (χ1n) is 7.15. The first-order chi connectivity index (χ1) is 9.24. The van der Waals surface area contributed by atoms with E-state index in [1.807, 2.05) is 0 Å². The van der Waals surface area contributed by atoms with Gasteiger partial charge in [-0.2, -0.15) is 0 Å². The summed E-state index contributed by atoms with van der Waals surface area (Å²) < 4.78 is 0. The Labute approximate surface area is 114 Å². The van der Waals surface area contributed by atoms with Crippen molar-refractivity contribution >= 4 is 11.8 Å². The average Bonchev–Trinajstić information content (AvgIpc) is 2.46. The van der Waals surface area contributed by atoms with Gasteiger partial charge >= 0.3 is 0 Å². The lowest BCUT2D eigenvalue weighted by atomic mass is 9.99. The summed E-state index contributed by atoms with van der Waals surface area (Å²) in [5.74, 6) is -0.0491. The number of hydroxylamine groups is 1. The fourth-order valence-electron chi connectivity index (χ4n) is 2.25. The van der Waals surface area contributed by atoms with E-state index in [0.717, 1.165) is 51.6 Å². The molecule has 110 valence electrons. The van der Waals surface area contributed by atoms with Crippen LogP contribution in [0.5, 0.6) is 0 Å². The van der Waals surface area contributed by atoms with Crippen molar-refractivity contribution in [3.63, 3.8) is 0 Å². The molecule has 0 radical (unpaired) electrons. The highest BCUT2D eigenvalue weighted by Crippen LogP contribution is 2.09. The Morgan fingerprint density at radius 1 is 1.21 bits per heavy atom. The smallest absolute Gasteiger partial charge is 0.243 e. The van der Waals surface area contributed by atoms with E-state index in [0.29, 0.717) is 13.0 Å². The van der Waals surface area contributed by atoms with Crippen molar-refractivity contribution in [2.24, 2.45) is 5.92 Å². The van der Waals surface area contributed by atoms with E-state index < -0.39 is 0 Å². The molecule has 19 heavy (non-hydrogen) atoms. The van der Waals surface area contributed by atoms with Gasteiger partial charge in [-0.15, -0.1) is 0 Å². The van der Waals surface area contributed by atoms with Gasteiger partial charge < -0.3 is 10.6 Å². The topological polar surface area (TPSA) is 90.5 Å². The van der Waals surface area contributed by atoms with Crippen LogP contribution in [0, 0.1) is 5.92 Å². The molecule has 1 atom stereocenters. The maximum absolute atomic E-state index is 11.8. The molecule has 1 unspecified atom stereocenters. The minimum atomic E-state index is -0.335. The second kappa shape index (κ2) is 9.75. The van der Waals surface area contributed by atoms with Crippen LogP contribution < -0.4 is 16.1 Å². The van der Waals surface area contributed by atoms with Gasteiger partial charge in [0.25, 0.3) is 0 Å². The lowest BCUT2D eigenvalue weighted by Crippen LogP contribution is -2.40. The third-order valence-electron chi connectivity index (χ3n) is 3.42. The molecule has 0 bridgehead atoms. The number of unbranched alkanes of at least 4 members (excludes halogenated alkanes) is 3. The third kappa shape index (κ3) is 7.12. The van der Waals surface area contributed by atoms with Crippen LogP contribution in [-0.4, -0.2) is 36.7 Å². The zero-order valence-electron chi connectivity index (χ0n) is 11.4. The first-order valence-corrected chi connectivity index (χ1v) is 7.15. The Balaban J connectivity index is 1.92. The minimum Gasteiger partial charge on any atom is -0.356 e. The van der Waals surface area contributed by atoms with Crippen LogP contribution in [-0.2, 0) is 9.59 Å². The van der Waals surface area contributed by atoms with E-state index in [1.165, 1.54) is 0 Å². The fraction of sp³-hybridized carbons (Fsp3) is 0.846. The van der Waals surface area contributed by atoms with Crippen molar-refractivity contribution in [1.82, 2.24) is 16.1 Å². The Morgan fingerprint density at radius 3 is 2.68 bits per heavy atom. The van der Waals surface area contributed by atoms with Gasteiger partial charge in [0.05, 0.1) is 5.92 Å². The molecule has 1 rings (SSSR count). The van der Waals surface area contributed by atoms with E-state index in [2.05, 4.69) is 10.6 Å². The van der Waals surface area contributed by atoms with Crippen molar-refractivity contribution in [3.05, 3.63) is 0 Å². The SMILES string of the molecule is O=C(CCCCCCNC(=O)C1CCCNC1)NO. The summed E-state index contributed by atoms with van der Waals surface area (Å²) in [7, 11) is 0. The Kier molecular flexibility index (Phi) is 8.16. The van der Waals surface area contributed by atoms with Gasteiger partial charge in [-0.25, -0.2) is 5.48 Å². The van der Waals surface area contributed by atoms with E-state index in [1.54, 1.807) is 5.48 Å². The van der Waals surface area contributed by atoms with E-state index in [9.17, 15) is 9.59 Å².